The molecule has 1 aromatic heterocycles. The van der Waals surface area contributed by atoms with Crippen LogP contribution in [-0.4, -0.2) is 35.6 Å². The summed E-state index contributed by atoms with van der Waals surface area (Å²) < 4.78 is 0.936. The van der Waals surface area contributed by atoms with Crippen LogP contribution in [0.1, 0.15) is 31.7 Å². The van der Waals surface area contributed by atoms with Crippen LogP contribution in [0.25, 0.3) is 0 Å². The van der Waals surface area contributed by atoms with E-state index in [1.807, 2.05) is 6.20 Å². The van der Waals surface area contributed by atoms with Gasteiger partial charge >= 0.3 is 0 Å². The number of likely N-dealkylation sites (tertiary alicyclic amines) is 1. The summed E-state index contributed by atoms with van der Waals surface area (Å²) >= 11 is 3.43. The van der Waals surface area contributed by atoms with E-state index in [4.69, 9.17) is 0 Å². The molecule has 1 aliphatic rings. The molecule has 18 heavy (non-hydrogen) atoms. The standard InChI is InChI=1S/C14H22BrN3/c1-3-6-18-7-4-12(5-8-18)17-13-9-11(2)14(15)16-10-13/h9-10,12,17H,3-8H2,1-2H3. The van der Waals surface area contributed by atoms with Crippen molar-refractivity contribution in [1.82, 2.24) is 9.88 Å². The maximum Gasteiger partial charge on any atom is 0.109 e. The van der Waals surface area contributed by atoms with Crippen LogP contribution < -0.4 is 5.32 Å². The first-order valence-electron chi connectivity index (χ1n) is 6.80. The van der Waals surface area contributed by atoms with Gasteiger partial charge in [0.1, 0.15) is 4.60 Å². The van der Waals surface area contributed by atoms with E-state index in [0.717, 1.165) is 10.3 Å². The number of pyridine rings is 1. The van der Waals surface area contributed by atoms with Crippen molar-refractivity contribution in [2.75, 3.05) is 25.0 Å². The van der Waals surface area contributed by atoms with Crippen LogP contribution in [0.15, 0.2) is 16.9 Å². The Morgan fingerprint density at radius 3 is 2.78 bits per heavy atom. The highest BCUT2D eigenvalue weighted by molar-refractivity contribution is 9.10. The van der Waals surface area contributed by atoms with Gasteiger partial charge in [-0.05, 0) is 60.3 Å². The van der Waals surface area contributed by atoms with Gasteiger partial charge in [-0.25, -0.2) is 4.98 Å². The van der Waals surface area contributed by atoms with E-state index in [9.17, 15) is 0 Å². The predicted octanol–water partition coefficient (Wildman–Crippen LogP) is 3.44. The summed E-state index contributed by atoms with van der Waals surface area (Å²) in [4.78, 5) is 6.89. The minimum atomic E-state index is 0.598. The molecule has 1 N–H and O–H groups in total. The van der Waals surface area contributed by atoms with E-state index < -0.39 is 0 Å². The van der Waals surface area contributed by atoms with Gasteiger partial charge in [-0.15, -0.1) is 0 Å². The summed E-state index contributed by atoms with van der Waals surface area (Å²) in [7, 11) is 0. The average Bonchev–Trinajstić information content (AvgIpc) is 2.37. The van der Waals surface area contributed by atoms with Gasteiger partial charge in [0.2, 0.25) is 0 Å². The Labute approximate surface area is 118 Å². The van der Waals surface area contributed by atoms with E-state index in [1.54, 1.807) is 0 Å². The Bertz CT molecular complexity index is 387. The second-order valence-corrected chi connectivity index (χ2v) is 5.84. The minimum absolute atomic E-state index is 0.598. The predicted molar refractivity (Wildman–Crippen MR) is 80.0 cm³/mol. The van der Waals surface area contributed by atoms with Crippen molar-refractivity contribution < 1.29 is 0 Å². The monoisotopic (exact) mass is 311 g/mol. The zero-order valence-corrected chi connectivity index (χ0v) is 12.8. The number of nitrogens with one attached hydrogen (secondary N) is 1. The summed E-state index contributed by atoms with van der Waals surface area (Å²) in [6, 6.07) is 2.76. The van der Waals surface area contributed by atoms with E-state index >= 15 is 0 Å². The number of hydrogen-bond acceptors (Lipinski definition) is 3. The number of aryl methyl sites for hydroxylation is 1. The van der Waals surface area contributed by atoms with Crippen molar-refractivity contribution in [2.24, 2.45) is 0 Å². The minimum Gasteiger partial charge on any atom is -0.381 e. The Morgan fingerprint density at radius 2 is 2.17 bits per heavy atom. The zero-order chi connectivity index (χ0) is 13.0. The molecule has 0 unspecified atom stereocenters. The molecule has 0 aliphatic carbocycles. The van der Waals surface area contributed by atoms with E-state index in [1.165, 1.54) is 44.5 Å². The fraction of sp³-hybridized carbons (Fsp3) is 0.643. The summed E-state index contributed by atoms with van der Waals surface area (Å²) in [5.41, 5.74) is 2.33. The number of rotatable bonds is 4. The number of piperidine rings is 1. The molecule has 0 amide bonds. The quantitative estimate of drug-likeness (QED) is 0.863. The van der Waals surface area contributed by atoms with Crippen molar-refractivity contribution in [3.63, 3.8) is 0 Å². The van der Waals surface area contributed by atoms with Crippen LogP contribution in [0.5, 0.6) is 0 Å². The van der Waals surface area contributed by atoms with Crippen LogP contribution in [0.3, 0.4) is 0 Å². The van der Waals surface area contributed by atoms with Gasteiger partial charge in [0.15, 0.2) is 0 Å². The number of hydrogen-bond donors (Lipinski definition) is 1. The third-order valence-electron chi connectivity index (χ3n) is 3.51. The molecule has 2 rings (SSSR count). The Balaban J connectivity index is 1.85. The van der Waals surface area contributed by atoms with Gasteiger partial charge in [0, 0.05) is 19.1 Å². The van der Waals surface area contributed by atoms with Crippen LogP contribution in [-0.2, 0) is 0 Å². The number of nitrogens with zero attached hydrogens (tertiary/aromatic N) is 2. The fourth-order valence-corrected chi connectivity index (χ4v) is 2.71. The number of halogens is 1. The Hall–Kier alpha value is -0.610. The van der Waals surface area contributed by atoms with Gasteiger partial charge in [0.05, 0.1) is 11.9 Å². The molecule has 0 bridgehead atoms. The maximum atomic E-state index is 4.33. The molecule has 1 saturated heterocycles. The van der Waals surface area contributed by atoms with Crippen LogP contribution in [0.2, 0.25) is 0 Å². The smallest absolute Gasteiger partial charge is 0.109 e. The summed E-state index contributed by atoms with van der Waals surface area (Å²) in [6.45, 7) is 8.00. The topological polar surface area (TPSA) is 28.2 Å². The van der Waals surface area contributed by atoms with Crippen molar-refractivity contribution in [1.29, 1.82) is 0 Å². The van der Waals surface area contributed by atoms with Crippen LogP contribution in [0.4, 0.5) is 5.69 Å². The molecular weight excluding hydrogens is 290 g/mol. The average molecular weight is 312 g/mol. The molecular formula is C14H22BrN3. The van der Waals surface area contributed by atoms with Crippen LogP contribution >= 0.6 is 15.9 Å². The third kappa shape index (κ3) is 3.69. The number of anilines is 1. The zero-order valence-electron chi connectivity index (χ0n) is 11.2. The highest BCUT2D eigenvalue weighted by Gasteiger charge is 2.18. The van der Waals surface area contributed by atoms with Crippen molar-refractivity contribution >= 4 is 21.6 Å². The molecule has 0 radical (unpaired) electrons. The van der Waals surface area contributed by atoms with Crippen LogP contribution in [0, 0.1) is 6.92 Å². The summed E-state index contributed by atoms with van der Waals surface area (Å²) in [5, 5.41) is 3.60. The summed E-state index contributed by atoms with van der Waals surface area (Å²) in [5.74, 6) is 0. The van der Waals surface area contributed by atoms with Gasteiger partial charge in [-0.2, -0.15) is 0 Å². The third-order valence-corrected chi connectivity index (χ3v) is 4.34. The lowest BCUT2D eigenvalue weighted by atomic mass is 10.0. The molecule has 1 fully saturated rings. The van der Waals surface area contributed by atoms with E-state index in [0.29, 0.717) is 6.04 Å². The maximum absolute atomic E-state index is 4.33. The molecule has 0 aromatic carbocycles. The summed E-state index contributed by atoms with van der Waals surface area (Å²) in [6.07, 6.45) is 5.63. The molecule has 1 aromatic rings. The van der Waals surface area contributed by atoms with Crippen molar-refractivity contribution in [3.05, 3.63) is 22.4 Å². The molecule has 3 nitrogen and oxygen atoms in total. The van der Waals surface area contributed by atoms with E-state index in [-0.39, 0.29) is 0 Å². The van der Waals surface area contributed by atoms with Crippen molar-refractivity contribution in [2.45, 2.75) is 39.2 Å². The molecule has 2 heterocycles. The molecule has 0 atom stereocenters. The lowest BCUT2D eigenvalue weighted by molar-refractivity contribution is 0.219. The first-order chi connectivity index (χ1) is 8.69. The van der Waals surface area contributed by atoms with Gasteiger partial charge in [-0.3, -0.25) is 0 Å². The molecule has 1 aliphatic heterocycles. The first-order valence-corrected chi connectivity index (χ1v) is 7.59. The first kappa shape index (κ1) is 13.8. The largest absolute Gasteiger partial charge is 0.381 e. The molecule has 0 saturated carbocycles. The van der Waals surface area contributed by atoms with Gasteiger partial charge < -0.3 is 10.2 Å². The SMILES string of the molecule is CCCN1CCC(Nc2cnc(Br)c(C)c2)CC1. The van der Waals surface area contributed by atoms with Gasteiger partial charge in [-0.1, -0.05) is 6.92 Å². The lowest BCUT2D eigenvalue weighted by Gasteiger charge is -2.32. The van der Waals surface area contributed by atoms with Gasteiger partial charge in [0.25, 0.3) is 0 Å². The van der Waals surface area contributed by atoms with E-state index in [2.05, 4.69) is 51.0 Å². The second kappa shape index (κ2) is 6.53. The molecule has 100 valence electrons. The molecule has 4 heteroatoms. The molecule has 0 spiro atoms. The Morgan fingerprint density at radius 1 is 1.44 bits per heavy atom. The normalized spacial score (nSPS) is 17.9. The Kier molecular flexibility index (Phi) is 5.01. The highest BCUT2D eigenvalue weighted by atomic mass is 79.9. The highest BCUT2D eigenvalue weighted by Crippen LogP contribution is 2.20. The van der Waals surface area contributed by atoms with Crippen molar-refractivity contribution in [3.8, 4) is 0 Å². The number of aromatic nitrogens is 1. The second-order valence-electron chi connectivity index (χ2n) is 5.09. The lowest BCUT2D eigenvalue weighted by Crippen LogP contribution is -2.39. The fourth-order valence-electron chi connectivity index (χ4n) is 2.49.